The highest BCUT2D eigenvalue weighted by molar-refractivity contribution is 5.95. The first-order chi connectivity index (χ1) is 15.3. The van der Waals surface area contributed by atoms with Crippen molar-refractivity contribution < 1.29 is 14.7 Å². The van der Waals surface area contributed by atoms with Crippen LogP contribution in [0.15, 0.2) is 36.4 Å². The molecule has 2 aliphatic rings. The molecular formula is C26H35N3O3. The van der Waals surface area contributed by atoms with Crippen LogP contribution in [0.3, 0.4) is 0 Å². The fraction of sp³-hybridized carbons (Fsp3) is 0.462. The molecule has 2 aliphatic heterocycles. The van der Waals surface area contributed by atoms with Crippen molar-refractivity contribution in [2.75, 3.05) is 31.1 Å². The number of rotatable bonds is 3. The Balaban J connectivity index is 0.000000913. The second-order valence-electron chi connectivity index (χ2n) is 8.99. The fourth-order valence-corrected chi connectivity index (χ4v) is 4.55. The van der Waals surface area contributed by atoms with Gasteiger partial charge in [-0.2, -0.15) is 0 Å². The summed E-state index contributed by atoms with van der Waals surface area (Å²) in [4.78, 5) is 28.4. The number of aryl methyl sites for hydroxylation is 2. The number of hydrogen-bond acceptors (Lipinski definition) is 4. The van der Waals surface area contributed by atoms with Gasteiger partial charge in [-0.3, -0.25) is 14.5 Å². The Morgan fingerprint density at radius 1 is 0.969 bits per heavy atom. The van der Waals surface area contributed by atoms with E-state index >= 15 is 0 Å². The van der Waals surface area contributed by atoms with E-state index in [4.69, 9.17) is 9.90 Å². The van der Waals surface area contributed by atoms with Gasteiger partial charge in [0.1, 0.15) is 0 Å². The van der Waals surface area contributed by atoms with Crippen molar-refractivity contribution in [2.45, 2.75) is 53.2 Å². The van der Waals surface area contributed by atoms with Crippen LogP contribution in [0.5, 0.6) is 0 Å². The smallest absolute Gasteiger partial charge is 0.290 e. The van der Waals surface area contributed by atoms with Gasteiger partial charge in [0.15, 0.2) is 0 Å². The van der Waals surface area contributed by atoms with Crippen molar-refractivity contribution in [3.63, 3.8) is 0 Å². The molecule has 6 nitrogen and oxygen atoms in total. The summed E-state index contributed by atoms with van der Waals surface area (Å²) in [5.74, 6) is 0.167. The third kappa shape index (κ3) is 5.49. The standard InChI is InChI=1S/C25H33N3O.CH2O2/c1-18(2)26-9-6-10-27(12-11-26)25(29)21-7-5-8-24(15-21)28-16-22-13-19(3)20(4)14-23(22)17-28;2-1-3/h5,7-8,13-15,18H,6,9-12,16-17H2,1-4H3;1H,(H,2,3). The minimum atomic E-state index is -0.250. The van der Waals surface area contributed by atoms with E-state index in [0.717, 1.165) is 56.9 Å². The van der Waals surface area contributed by atoms with Crippen LogP contribution in [0.25, 0.3) is 0 Å². The first-order valence-corrected chi connectivity index (χ1v) is 11.4. The lowest BCUT2D eigenvalue weighted by Crippen LogP contribution is -2.37. The lowest BCUT2D eigenvalue weighted by Gasteiger charge is -2.25. The summed E-state index contributed by atoms with van der Waals surface area (Å²) in [6.07, 6.45) is 1.05. The van der Waals surface area contributed by atoms with E-state index in [2.05, 4.69) is 61.8 Å². The molecule has 1 N–H and O–H groups in total. The number of hydrogen-bond donors (Lipinski definition) is 1. The average molecular weight is 438 g/mol. The van der Waals surface area contributed by atoms with Crippen LogP contribution >= 0.6 is 0 Å². The van der Waals surface area contributed by atoms with Crippen molar-refractivity contribution in [2.24, 2.45) is 0 Å². The Bertz CT molecular complexity index is 926. The second kappa shape index (κ2) is 10.6. The lowest BCUT2D eigenvalue weighted by atomic mass is 10.0. The maximum Gasteiger partial charge on any atom is 0.290 e. The summed E-state index contributed by atoms with van der Waals surface area (Å²) >= 11 is 0. The lowest BCUT2D eigenvalue weighted by molar-refractivity contribution is -0.122. The maximum absolute atomic E-state index is 13.2. The van der Waals surface area contributed by atoms with Crippen LogP contribution in [0, 0.1) is 13.8 Å². The molecule has 2 aromatic carbocycles. The van der Waals surface area contributed by atoms with Crippen LogP contribution in [-0.4, -0.2) is 59.5 Å². The molecule has 6 heteroatoms. The summed E-state index contributed by atoms with van der Waals surface area (Å²) in [7, 11) is 0. The highest BCUT2D eigenvalue weighted by Gasteiger charge is 2.24. The molecule has 1 fully saturated rings. The van der Waals surface area contributed by atoms with E-state index in [-0.39, 0.29) is 12.4 Å². The molecule has 0 radical (unpaired) electrons. The average Bonchev–Trinajstić information content (AvgIpc) is 3.01. The quantitative estimate of drug-likeness (QED) is 0.733. The molecule has 0 aliphatic carbocycles. The number of amides is 1. The van der Waals surface area contributed by atoms with E-state index in [1.165, 1.54) is 22.3 Å². The Hall–Kier alpha value is -2.86. The van der Waals surface area contributed by atoms with Crippen molar-refractivity contribution in [3.8, 4) is 0 Å². The van der Waals surface area contributed by atoms with Crippen LogP contribution in [-0.2, 0) is 17.9 Å². The maximum atomic E-state index is 13.2. The molecule has 32 heavy (non-hydrogen) atoms. The molecule has 172 valence electrons. The second-order valence-corrected chi connectivity index (χ2v) is 8.99. The number of carboxylic acid groups (broad SMARTS) is 1. The van der Waals surface area contributed by atoms with Gasteiger partial charge in [-0.1, -0.05) is 18.2 Å². The zero-order valence-corrected chi connectivity index (χ0v) is 19.7. The largest absolute Gasteiger partial charge is 0.483 e. The molecule has 4 rings (SSSR count). The highest BCUT2D eigenvalue weighted by Crippen LogP contribution is 2.30. The van der Waals surface area contributed by atoms with Crippen molar-refractivity contribution in [1.82, 2.24) is 9.80 Å². The van der Waals surface area contributed by atoms with Crippen LogP contribution in [0.1, 0.15) is 52.9 Å². The van der Waals surface area contributed by atoms with Gasteiger partial charge in [0.2, 0.25) is 0 Å². The highest BCUT2D eigenvalue weighted by atomic mass is 16.3. The third-order valence-corrected chi connectivity index (χ3v) is 6.54. The Kier molecular flexibility index (Phi) is 7.91. The predicted octanol–water partition coefficient (Wildman–Crippen LogP) is 4.08. The number of anilines is 1. The topological polar surface area (TPSA) is 64.1 Å². The van der Waals surface area contributed by atoms with E-state index in [1.807, 2.05) is 17.0 Å². The van der Waals surface area contributed by atoms with Crippen molar-refractivity contribution in [1.29, 1.82) is 0 Å². The number of nitrogens with zero attached hydrogens (tertiary/aromatic N) is 3. The molecule has 0 atom stereocenters. The van der Waals surface area contributed by atoms with Gasteiger partial charge >= 0.3 is 0 Å². The van der Waals surface area contributed by atoms with Gasteiger partial charge in [-0.05, 0) is 74.6 Å². The zero-order valence-electron chi connectivity index (χ0n) is 19.7. The van der Waals surface area contributed by atoms with E-state index in [1.54, 1.807) is 0 Å². The molecule has 0 saturated carbocycles. The molecule has 2 aromatic rings. The van der Waals surface area contributed by atoms with Crippen LogP contribution in [0.2, 0.25) is 0 Å². The van der Waals surface area contributed by atoms with E-state index in [0.29, 0.717) is 6.04 Å². The third-order valence-electron chi connectivity index (χ3n) is 6.54. The summed E-state index contributed by atoms with van der Waals surface area (Å²) in [6.45, 7) is 14.1. The first-order valence-electron chi connectivity index (χ1n) is 11.4. The number of fused-ring (bicyclic) bond motifs is 1. The Labute approximate surface area is 191 Å². The predicted molar refractivity (Wildman–Crippen MR) is 128 cm³/mol. The van der Waals surface area contributed by atoms with Crippen molar-refractivity contribution in [3.05, 3.63) is 64.2 Å². The molecule has 0 bridgehead atoms. The Morgan fingerprint density at radius 3 is 2.19 bits per heavy atom. The van der Waals surface area contributed by atoms with Gasteiger partial charge in [0.05, 0.1) is 0 Å². The van der Waals surface area contributed by atoms with Crippen molar-refractivity contribution >= 4 is 18.1 Å². The van der Waals surface area contributed by atoms with Gasteiger partial charge in [-0.15, -0.1) is 0 Å². The zero-order chi connectivity index (χ0) is 23.3. The van der Waals surface area contributed by atoms with E-state index in [9.17, 15) is 4.79 Å². The Morgan fingerprint density at radius 2 is 1.59 bits per heavy atom. The molecule has 0 unspecified atom stereocenters. The first kappa shape index (κ1) is 23.8. The molecule has 0 spiro atoms. The molecule has 1 amide bonds. The van der Waals surface area contributed by atoms with Gasteiger partial charge in [0.25, 0.3) is 12.4 Å². The van der Waals surface area contributed by atoms with Crippen LogP contribution in [0.4, 0.5) is 5.69 Å². The summed E-state index contributed by atoms with van der Waals surface area (Å²) in [6, 6.07) is 13.4. The molecular weight excluding hydrogens is 402 g/mol. The summed E-state index contributed by atoms with van der Waals surface area (Å²) in [5, 5.41) is 6.89. The van der Waals surface area contributed by atoms with Gasteiger partial charge in [0, 0.05) is 56.6 Å². The molecule has 0 aromatic heterocycles. The number of carbonyl (C=O) groups is 2. The van der Waals surface area contributed by atoms with E-state index < -0.39 is 0 Å². The summed E-state index contributed by atoms with van der Waals surface area (Å²) in [5.41, 5.74) is 7.47. The number of carbonyl (C=O) groups excluding carboxylic acids is 1. The van der Waals surface area contributed by atoms with Gasteiger partial charge < -0.3 is 14.9 Å². The molecule has 2 heterocycles. The summed E-state index contributed by atoms with van der Waals surface area (Å²) < 4.78 is 0. The molecule has 1 saturated heterocycles. The fourth-order valence-electron chi connectivity index (χ4n) is 4.55. The van der Waals surface area contributed by atoms with Crippen LogP contribution < -0.4 is 4.90 Å². The normalized spacial score (nSPS) is 16.3. The van der Waals surface area contributed by atoms with Gasteiger partial charge in [-0.25, -0.2) is 0 Å². The minimum Gasteiger partial charge on any atom is -0.483 e. The number of benzene rings is 2. The SMILES string of the molecule is Cc1cc2c(cc1C)CN(c1cccc(C(=O)N3CCCN(C(C)C)CC3)c1)C2.O=CO. The minimum absolute atomic E-state index is 0.167. The monoisotopic (exact) mass is 437 g/mol.